The second-order valence-electron chi connectivity index (χ2n) is 2.95. The number of alkyl halides is 1. The lowest BCUT2D eigenvalue weighted by molar-refractivity contribution is 0.334. The fraction of sp³-hybridized carbons (Fsp3) is 0.455. The first-order chi connectivity index (χ1) is 6.79. The molecule has 0 aliphatic carbocycles. The van der Waals surface area contributed by atoms with E-state index in [0.29, 0.717) is 12.5 Å². The summed E-state index contributed by atoms with van der Waals surface area (Å²) >= 11 is 7.98. The van der Waals surface area contributed by atoms with E-state index >= 15 is 0 Å². The monoisotopic (exact) mass is 324 g/mol. The molecule has 1 rings (SSSR count). The molecule has 0 spiro atoms. The Bertz CT molecular complexity index is 289. The van der Waals surface area contributed by atoms with Gasteiger partial charge in [-0.3, -0.25) is 0 Å². The normalized spacial score (nSPS) is 10.2. The van der Waals surface area contributed by atoms with Crippen molar-refractivity contribution in [2.24, 2.45) is 0 Å². The fourth-order valence-electron chi connectivity index (χ4n) is 1.31. The molecule has 0 unspecified atom stereocenters. The third-order valence-corrected chi connectivity index (χ3v) is 3.03. The third kappa shape index (κ3) is 3.31. The van der Waals surface area contributed by atoms with E-state index in [1.807, 2.05) is 6.92 Å². The molecule has 1 nitrogen and oxygen atoms in total. The van der Waals surface area contributed by atoms with Gasteiger partial charge in [-0.15, -0.1) is 11.6 Å². The van der Waals surface area contributed by atoms with Gasteiger partial charge in [-0.25, -0.2) is 0 Å². The van der Waals surface area contributed by atoms with Crippen LogP contribution in [0.4, 0.5) is 0 Å². The Morgan fingerprint density at radius 3 is 2.86 bits per heavy atom. The molecule has 0 saturated heterocycles. The first-order valence-electron chi connectivity index (χ1n) is 4.75. The standard InChI is InChI=1S/C11H14ClIO/c1-2-14-11-9(6-4-8-12)5-3-7-10(11)13/h3,5,7H,2,4,6,8H2,1H3. The van der Waals surface area contributed by atoms with Crippen LogP contribution in [0.2, 0.25) is 0 Å². The van der Waals surface area contributed by atoms with Crippen LogP contribution in [0.3, 0.4) is 0 Å². The van der Waals surface area contributed by atoms with Crippen molar-refractivity contribution in [1.29, 1.82) is 0 Å². The van der Waals surface area contributed by atoms with Crippen LogP contribution in [0.15, 0.2) is 18.2 Å². The minimum Gasteiger partial charge on any atom is -0.492 e. The van der Waals surface area contributed by atoms with Gasteiger partial charge in [-0.05, 0) is 54.0 Å². The molecule has 1 aromatic rings. The number of aryl methyl sites for hydroxylation is 1. The lowest BCUT2D eigenvalue weighted by Gasteiger charge is -2.11. The molecule has 3 heteroatoms. The first-order valence-corrected chi connectivity index (χ1v) is 6.37. The third-order valence-electron chi connectivity index (χ3n) is 1.92. The molecule has 0 bridgehead atoms. The Morgan fingerprint density at radius 1 is 1.43 bits per heavy atom. The van der Waals surface area contributed by atoms with E-state index in [0.717, 1.165) is 18.6 Å². The van der Waals surface area contributed by atoms with E-state index in [-0.39, 0.29) is 0 Å². The van der Waals surface area contributed by atoms with E-state index in [4.69, 9.17) is 16.3 Å². The molecule has 0 N–H and O–H groups in total. The lowest BCUT2D eigenvalue weighted by atomic mass is 10.1. The molecule has 0 aliphatic rings. The van der Waals surface area contributed by atoms with E-state index < -0.39 is 0 Å². The zero-order chi connectivity index (χ0) is 10.4. The minimum atomic E-state index is 0.705. The van der Waals surface area contributed by atoms with Crippen molar-refractivity contribution in [3.63, 3.8) is 0 Å². The summed E-state index contributed by atoms with van der Waals surface area (Å²) in [7, 11) is 0. The summed E-state index contributed by atoms with van der Waals surface area (Å²) in [6.07, 6.45) is 2.00. The maximum atomic E-state index is 5.68. The van der Waals surface area contributed by atoms with E-state index in [9.17, 15) is 0 Å². The Kier molecular flexibility index (Phi) is 5.63. The second kappa shape index (κ2) is 6.51. The highest BCUT2D eigenvalue weighted by Crippen LogP contribution is 2.26. The van der Waals surface area contributed by atoms with Gasteiger partial charge in [0.25, 0.3) is 0 Å². The Morgan fingerprint density at radius 2 is 2.21 bits per heavy atom. The summed E-state index contributed by atoms with van der Waals surface area (Å²) in [5.74, 6) is 1.73. The molecule has 0 aliphatic heterocycles. The number of halogens is 2. The molecule has 0 atom stereocenters. The van der Waals surface area contributed by atoms with Gasteiger partial charge in [0.05, 0.1) is 10.2 Å². The predicted molar refractivity (Wildman–Crippen MR) is 69.4 cm³/mol. The van der Waals surface area contributed by atoms with Crippen molar-refractivity contribution < 1.29 is 4.74 Å². The Labute approximate surface area is 104 Å². The van der Waals surface area contributed by atoms with Crippen LogP contribution >= 0.6 is 34.2 Å². The average molecular weight is 325 g/mol. The number of hydrogen-bond acceptors (Lipinski definition) is 1. The van der Waals surface area contributed by atoms with Gasteiger partial charge >= 0.3 is 0 Å². The molecule has 14 heavy (non-hydrogen) atoms. The Balaban J connectivity index is 2.83. The van der Waals surface area contributed by atoms with Gasteiger partial charge < -0.3 is 4.74 Å². The summed E-state index contributed by atoms with van der Waals surface area (Å²) in [5, 5.41) is 0. The van der Waals surface area contributed by atoms with E-state index in [1.54, 1.807) is 0 Å². The van der Waals surface area contributed by atoms with Gasteiger partial charge in [-0.1, -0.05) is 12.1 Å². The molecule has 0 heterocycles. The van der Waals surface area contributed by atoms with Gasteiger partial charge in [0, 0.05) is 5.88 Å². The van der Waals surface area contributed by atoms with Crippen molar-refractivity contribution in [3.05, 3.63) is 27.3 Å². The highest BCUT2D eigenvalue weighted by molar-refractivity contribution is 14.1. The molecule has 0 amide bonds. The maximum Gasteiger partial charge on any atom is 0.135 e. The van der Waals surface area contributed by atoms with Crippen LogP contribution in [0.25, 0.3) is 0 Å². The summed E-state index contributed by atoms with van der Waals surface area (Å²) in [6.45, 7) is 2.72. The maximum absolute atomic E-state index is 5.68. The molecule has 78 valence electrons. The second-order valence-corrected chi connectivity index (χ2v) is 4.49. The Hall–Kier alpha value is 0.0400. The zero-order valence-corrected chi connectivity index (χ0v) is 11.1. The number of para-hydroxylation sites is 1. The summed E-state index contributed by atoms with van der Waals surface area (Å²) in [4.78, 5) is 0. The van der Waals surface area contributed by atoms with Crippen molar-refractivity contribution in [1.82, 2.24) is 0 Å². The van der Waals surface area contributed by atoms with Crippen LogP contribution in [0, 0.1) is 3.57 Å². The highest BCUT2D eigenvalue weighted by atomic mass is 127. The predicted octanol–water partition coefficient (Wildman–Crippen LogP) is 3.86. The molecular weight excluding hydrogens is 310 g/mol. The van der Waals surface area contributed by atoms with Crippen molar-refractivity contribution in [2.75, 3.05) is 12.5 Å². The largest absolute Gasteiger partial charge is 0.492 e. The van der Waals surface area contributed by atoms with E-state index in [2.05, 4.69) is 40.8 Å². The zero-order valence-electron chi connectivity index (χ0n) is 8.22. The topological polar surface area (TPSA) is 9.23 Å². The van der Waals surface area contributed by atoms with Crippen LogP contribution in [0.1, 0.15) is 18.9 Å². The lowest BCUT2D eigenvalue weighted by Crippen LogP contribution is -1.99. The molecule has 1 aromatic carbocycles. The highest BCUT2D eigenvalue weighted by Gasteiger charge is 2.06. The van der Waals surface area contributed by atoms with Gasteiger partial charge in [-0.2, -0.15) is 0 Å². The molecule has 0 aromatic heterocycles. The SMILES string of the molecule is CCOc1c(I)cccc1CCCCl. The minimum absolute atomic E-state index is 0.705. The van der Waals surface area contributed by atoms with E-state index in [1.165, 1.54) is 9.13 Å². The van der Waals surface area contributed by atoms with Crippen molar-refractivity contribution in [2.45, 2.75) is 19.8 Å². The quantitative estimate of drug-likeness (QED) is 0.590. The average Bonchev–Trinajstić information content (AvgIpc) is 2.19. The number of rotatable bonds is 5. The summed E-state index contributed by atoms with van der Waals surface area (Å²) < 4.78 is 6.79. The first kappa shape index (κ1) is 12.1. The van der Waals surface area contributed by atoms with Gasteiger partial charge in [0.2, 0.25) is 0 Å². The van der Waals surface area contributed by atoms with Gasteiger partial charge in [0.1, 0.15) is 5.75 Å². The van der Waals surface area contributed by atoms with Crippen LogP contribution in [0.5, 0.6) is 5.75 Å². The number of hydrogen-bond donors (Lipinski definition) is 0. The van der Waals surface area contributed by atoms with Crippen LogP contribution in [-0.2, 0) is 6.42 Å². The molecule has 0 saturated carbocycles. The molecule has 0 radical (unpaired) electrons. The summed E-state index contributed by atoms with van der Waals surface area (Å²) in [5.41, 5.74) is 1.26. The van der Waals surface area contributed by atoms with Crippen LogP contribution < -0.4 is 4.74 Å². The van der Waals surface area contributed by atoms with Gasteiger partial charge in [0.15, 0.2) is 0 Å². The smallest absolute Gasteiger partial charge is 0.135 e. The number of benzene rings is 1. The molecule has 0 fully saturated rings. The van der Waals surface area contributed by atoms with Crippen molar-refractivity contribution in [3.8, 4) is 5.75 Å². The fourth-order valence-corrected chi connectivity index (χ4v) is 2.16. The number of ether oxygens (including phenoxy) is 1. The van der Waals surface area contributed by atoms with Crippen LogP contribution in [-0.4, -0.2) is 12.5 Å². The molecular formula is C11H14ClIO. The van der Waals surface area contributed by atoms with Crippen molar-refractivity contribution >= 4 is 34.2 Å². The summed E-state index contributed by atoms with van der Waals surface area (Å²) in [6, 6.07) is 6.24.